The van der Waals surface area contributed by atoms with Crippen molar-refractivity contribution in [1.82, 2.24) is 25.6 Å². The van der Waals surface area contributed by atoms with Gasteiger partial charge in [0.25, 0.3) is 5.91 Å². The van der Waals surface area contributed by atoms with E-state index in [1.807, 2.05) is 6.92 Å². The molecule has 228 valence electrons. The Morgan fingerprint density at radius 1 is 0.925 bits per heavy atom. The maximum absolute atomic E-state index is 13.7. The summed E-state index contributed by atoms with van der Waals surface area (Å²) in [6, 6.07) is -0.730. The van der Waals surface area contributed by atoms with Crippen molar-refractivity contribution < 1.29 is 14.4 Å². The maximum Gasteiger partial charge on any atom is 0.258 e. The van der Waals surface area contributed by atoms with Crippen LogP contribution in [0.4, 0.5) is 0 Å². The summed E-state index contributed by atoms with van der Waals surface area (Å²) < 4.78 is 0. The van der Waals surface area contributed by atoms with Gasteiger partial charge in [-0.15, -0.1) is 0 Å². The highest BCUT2D eigenvalue weighted by atomic mass is 16.2. The van der Waals surface area contributed by atoms with Crippen LogP contribution in [0.2, 0.25) is 0 Å². The zero-order valence-corrected chi connectivity index (χ0v) is 26.0. The molecule has 2 saturated heterocycles. The third-order valence-electron chi connectivity index (χ3n) is 10.5. The molecule has 8 heteroatoms. The SMILES string of the molecule is CCC(C)C(C1CC1)C(C)C(=O)N(CC)CC1CCN(C(C(=O)NC(C)C(=O)N2CCCCN2)C2CCCC2)C1. The number of hydrogen-bond acceptors (Lipinski definition) is 5. The molecule has 0 bridgehead atoms. The molecule has 2 aliphatic carbocycles. The van der Waals surface area contributed by atoms with Gasteiger partial charge in [0, 0.05) is 38.6 Å². The molecule has 0 aromatic carbocycles. The van der Waals surface area contributed by atoms with Crippen LogP contribution in [0.25, 0.3) is 0 Å². The van der Waals surface area contributed by atoms with E-state index in [0.717, 1.165) is 77.2 Å². The molecule has 6 unspecified atom stereocenters. The fraction of sp³-hybridized carbons (Fsp3) is 0.906. The second kappa shape index (κ2) is 14.5. The molecule has 4 fully saturated rings. The van der Waals surface area contributed by atoms with Gasteiger partial charge in [-0.2, -0.15) is 0 Å². The van der Waals surface area contributed by atoms with Crippen molar-refractivity contribution in [3.05, 3.63) is 0 Å². The third kappa shape index (κ3) is 7.58. The smallest absolute Gasteiger partial charge is 0.258 e. The van der Waals surface area contributed by atoms with Crippen LogP contribution in [0.1, 0.15) is 98.8 Å². The first-order chi connectivity index (χ1) is 19.2. The Kier molecular flexibility index (Phi) is 11.3. The van der Waals surface area contributed by atoms with E-state index in [4.69, 9.17) is 0 Å². The number of hydrogen-bond donors (Lipinski definition) is 2. The summed E-state index contributed by atoms with van der Waals surface area (Å²) in [4.78, 5) is 44.9. The van der Waals surface area contributed by atoms with Crippen molar-refractivity contribution in [1.29, 1.82) is 0 Å². The topological polar surface area (TPSA) is 85.0 Å². The average Bonchev–Trinajstić information content (AvgIpc) is 3.44. The predicted molar refractivity (Wildman–Crippen MR) is 159 cm³/mol. The second-order valence-electron chi connectivity index (χ2n) is 13.4. The summed E-state index contributed by atoms with van der Waals surface area (Å²) in [7, 11) is 0. The Morgan fingerprint density at radius 3 is 2.25 bits per heavy atom. The molecule has 2 saturated carbocycles. The fourth-order valence-corrected chi connectivity index (χ4v) is 7.94. The quantitative estimate of drug-likeness (QED) is 0.356. The summed E-state index contributed by atoms with van der Waals surface area (Å²) in [5.41, 5.74) is 3.17. The predicted octanol–water partition coefficient (Wildman–Crippen LogP) is 4.06. The Bertz CT molecular complexity index is 851. The van der Waals surface area contributed by atoms with Crippen LogP contribution in [0.15, 0.2) is 0 Å². The minimum atomic E-state index is -0.542. The maximum atomic E-state index is 13.7. The average molecular weight is 560 g/mol. The summed E-state index contributed by atoms with van der Waals surface area (Å²) in [6.45, 7) is 15.4. The molecule has 2 N–H and O–H groups in total. The lowest BCUT2D eigenvalue weighted by Crippen LogP contribution is -2.58. The summed E-state index contributed by atoms with van der Waals surface area (Å²) in [6.07, 6.45) is 11.3. The first kappa shape index (κ1) is 31.3. The lowest BCUT2D eigenvalue weighted by molar-refractivity contribution is -0.141. The van der Waals surface area contributed by atoms with Gasteiger partial charge in [-0.1, -0.05) is 40.0 Å². The Morgan fingerprint density at radius 2 is 1.65 bits per heavy atom. The number of carbonyl (C=O) groups is 3. The summed E-state index contributed by atoms with van der Waals surface area (Å²) >= 11 is 0. The van der Waals surface area contributed by atoms with E-state index >= 15 is 0 Å². The third-order valence-corrected chi connectivity index (χ3v) is 10.5. The molecule has 0 aromatic heterocycles. The van der Waals surface area contributed by atoms with E-state index in [1.54, 1.807) is 5.01 Å². The Hall–Kier alpha value is -1.67. The van der Waals surface area contributed by atoms with Crippen LogP contribution >= 0.6 is 0 Å². The molecule has 4 rings (SSSR count). The van der Waals surface area contributed by atoms with Crippen molar-refractivity contribution in [3.8, 4) is 0 Å². The van der Waals surface area contributed by atoms with E-state index in [1.165, 1.54) is 25.7 Å². The molecule has 4 aliphatic rings. The molecule has 2 aliphatic heterocycles. The number of nitrogens with one attached hydrogen (secondary N) is 2. The van der Waals surface area contributed by atoms with Gasteiger partial charge in [0.15, 0.2) is 0 Å². The van der Waals surface area contributed by atoms with Crippen LogP contribution in [-0.2, 0) is 14.4 Å². The molecule has 8 nitrogen and oxygen atoms in total. The molecule has 40 heavy (non-hydrogen) atoms. The van der Waals surface area contributed by atoms with Gasteiger partial charge in [-0.3, -0.25) is 24.3 Å². The van der Waals surface area contributed by atoms with E-state index < -0.39 is 6.04 Å². The van der Waals surface area contributed by atoms with Gasteiger partial charge in [-0.25, -0.2) is 5.43 Å². The minimum absolute atomic E-state index is 0.00304. The molecule has 6 atom stereocenters. The van der Waals surface area contributed by atoms with Gasteiger partial charge in [0.05, 0.1) is 6.04 Å². The van der Waals surface area contributed by atoms with Crippen molar-refractivity contribution >= 4 is 17.7 Å². The number of rotatable bonds is 13. The van der Waals surface area contributed by atoms with Gasteiger partial charge in [-0.05, 0) is 94.9 Å². The van der Waals surface area contributed by atoms with Crippen LogP contribution in [0.3, 0.4) is 0 Å². The lowest BCUT2D eigenvalue weighted by Gasteiger charge is -2.35. The highest BCUT2D eigenvalue weighted by molar-refractivity contribution is 5.89. The van der Waals surface area contributed by atoms with Crippen LogP contribution in [-0.4, -0.2) is 83.9 Å². The molecule has 0 aromatic rings. The lowest BCUT2D eigenvalue weighted by atomic mass is 9.78. The molecule has 3 amide bonds. The largest absolute Gasteiger partial charge is 0.343 e. The van der Waals surface area contributed by atoms with Crippen molar-refractivity contribution in [2.24, 2.45) is 35.5 Å². The Labute approximate surface area is 243 Å². The normalized spacial score (nSPS) is 26.2. The first-order valence-electron chi connectivity index (χ1n) is 16.6. The van der Waals surface area contributed by atoms with Crippen molar-refractivity contribution in [2.75, 3.05) is 39.3 Å². The standard InChI is InChI=1S/C32H57N5O3/c1-6-22(3)28(26-14-15-26)23(4)31(39)35(7-2)20-25-16-19-36(21-25)29(27-12-8-9-13-27)30(38)34-24(5)32(40)37-18-11-10-17-33-37/h22-29,33H,6-21H2,1-5H3,(H,34,38). The molecule has 2 heterocycles. The summed E-state index contributed by atoms with van der Waals surface area (Å²) in [5, 5.41) is 4.78. The minimum Gasteiger partial charge on any atom is -0.343 e. The van der Waals surface area contributed by atoms with Gasteiger partial charge in [0.2, 0.25) is 11.8 Å². The van der Waals surface area contributed by atoms with Gasteiger partial charge >= 0.3 is 0 Å². The molecule has 0 spiro atoms. The van der Waals surface area contributed by atoms with Gasteiger partial charge in [0.1, 0.15) is 6.04 Å². The zero-order valence-electron chi connectivity index (χ0n) is 26.0. The molecular weight excluding hydrogens is 502 g/mol. The summed E-state index contributed by atoms with van der Waals surface area (Å²) in [5.74, 6) is 2.87. The second-order valence-corrected chi connectivity index (χ2v) is 13.4. The number of amides is 3. The number of hydrazine groups is 1. The number of nitrogens with zero attached hydrogens (tertiary/aromatic N) is 3. The van der Waals surface area contributed by atoms with Crippen LogP contribution in [0, 0.1) is 35.5 Å². The van der Waals surface area contributed by atoms with E-state index in [9.17, 15) is 14.4 Å². The van der Waals surface area contributed by atoms with Crippen molar-refractivity contribution in [2.45, 2.75) is 111 Å². The molecule has 0 radical (unpaired) electrons. The number of carbonyl (C=O) groups excluding carboxylic acids is 3. The zero-order chi connectivity index (χ0) is 28.8. The number of likely N-dealkylation sites (tertiary alicyclic amines) is 1. The first-order valence-corrected chi connectivity index (χ1v) is 16.6. The van der Waals surface area contributed by atoms with E-state index in [-0.39, 0.29) is 23.8 Å². The highest BCUT2D eigenvalue weighted by Crippen LogP contribution is 2.45. The van der Waals surface area contributed by atoms with Gasteiger partial charge < -0.3 is 10.2 Å². The fourth-order valence-electron chi connectivity index (χ4n) is 7.94. The highest BCUT2D eigenvalue weighted by Gasteiger charge is 2.43. The Balaban J connectivity index is 1.36. The van der Waals surface area contributed by atoms with Crippen LogP contribution in [0.5, 0.6) is 0 Å². The monoisotopic (exact) mass is 559 g/mol. The van der Waals surface area contributed by atoms with E-state index in [2.05, 4.69) is 48.2 Å². The van der Waals surface area contributed by atoms with Crippen LogP contribution < -0.4 is 10.7 Å². The van der Waals surface area contributed by atoms with E-state index in [0.29, 0.717) is 36.1 Å². The van der Waals surface area contributed by atoms with Crippen molar-refractivity contribution in [3.63, 3.8) is 0 Å². The molecular formula is C32H57N5O3.